The Bertz CT molecular complexity index is 861. The molecule has 3 aromatic rings. The number of methoxy groups -OCH3 is 1. The quantitative estimate of drug-likeness (QED) is 0.452. The fourth-order valence-corrected chi connectivity index (χ4v) is 2.57. The zero-order valence-corrected chi connectivity index (χ0v) is 14.7. The van der Waals surface area contributed by atoms with Crippen molar-refractivity contribution in [1.82, 2.24) is 4.57 Å². The second-order valence-corrected chi connectivity index (χ2v) is 6.17. The Hall–Kier alpha value is -2.59. The van der Waals surface area contributed by atoms with Gasteiger partial charge in [0.05, 0.1) is 7.11 Å². The molecule has 0 aliphatic heterocycles. The normalized spacial score (nSPS) is 10.9. The van der Waals surface area contributed by atoms with Crippen LogP contribution in [0.15, 0.2) is 77.5 Å². The molecule has 0 fully saturated rings. The van der Waals surface area contributed by atoms with E-state index in [0.717, 1.165) is 21.5 Å². The Morgan fingerprint density at radius 3 is 2.42 bits per heavy atom. The van der Waals surface area contributed by atoms with E-state index in [0.29, 0.717) is 5.56 Å². The zero-order valence-electron chi connectivity index (χ0n) is 13.1. The van der Waals surface area contributed by atoms with Crippen molar-refractivity contribution in [2.24, 2.45) is 0 Å². The minimum absolute atomic E-state index is 0.0333. The topological polar surface area (TPSA) is 31.2 Å². The molecule has 120 valence electrons. The molecule has 0 saturated heterocycles. The van der Waals surface area contributed by atoms with Crippen LogP contribution in [-0.2, 0) is 0 Å². The molecule has 0 atom stereocenters. The van der Waals surface area contributed by atoms with Crippen LogP contribution in [0.25, 0.3) is 11.8 Å². The number of aromatic nitrogens is 1. The molecule has 0 bridgehead atoms. The second kappa shape index (κ2) is 7.32. The number of benzene rings is 2. The number of halogens is 1. The third-order valence-electron chi connectivity index (χ3n) is 3.64. The predicted octanol–water partition coefficient (Wildman–Crippen LogP) is 5.14. The van der Waals surface area contributed by atoms with Gasteiger partial charge in [0.1, 0.15) is 5.75 Å². The van der Waals surface area contributed by atoms with Gasteiger partial charge in [-0.05, 0) is 72.3 Å². The Kier molecular flexibility index (Phi) is 4.96. The molecule has 1 aromatic heterocycles. The highest BCUT2D eigenvalue weighted by Crippen LogP contribution is 2.16. The highest BCUT2D eigenvalue weighted by atomic mass is 79.9. The lowest BCUT2D eigenvalue weighted by atomic mass is 10.1. The summed E-state index contributed by atoms with van der Waals surface area (Å²) in [5.41, 5.74) is 2.68. The van der Waals surface area contributed by atoms with Crippen molar-refractivity contribution in [3.8, 4) is 11.4 Å². The van der Waals surface area contributed by atoms with Crippen molar-refractivity contribution in [1.29, 1.82) is 0 Å². The standard InChI is InChI=1S/C20H16BrNO2/c1-24-19-9-3-16(4-10-19)20(23)11-2-15-12-13-22(14-15)18-7-5-17(21)6-8-18/h2-14H,1H3/b11-2+. The van der Waals surface area contributed by atoms with E-state index in [1.165, 1.54) is 0 Å². The molecule has 3 nitrogen and oxygen atoms in total. The lowest BCUT2D eigenvalue weighted by Crippen LogP contribution is -1.94. The number of hydrogen-bond donors (Lipinski definition) is 0. The van der Waals surface area contributed by atoms with E-state index >= 15 is 0 Å². The number of allylic oxidation sites excluding steroid dienone is 1. The maximum absolute atomic E-state index is 12.2. The molecule has 2 aromatic carbocycles. The summed E-state index contributed by atoms with van der Waals surface area (Å²) in [4.78, 5) is 12.2. The Balaban J connectivity index is 1.72. The molecular formula is C20H16BrNO2. The van der Waals surface area contributed by atoms with Gasteiger partial charge in [0, 0.05) is 28.1 Å². The molecule has 0 spiro atoms. The van der Waals surface area contributed by atoms with Crippen molar-refractivity contribution >= 4 is 27.8 Å². The number of rotatable bonds is 5. The van der Waals surface area contributed by atoms with Crippen LogP contribution in [0.4, 0.5) is 0 Å². The fourth-order valence-electron chi connectivity index (χ4n) is 2.31. The van der Waals surface area contributed by atoms with E-state index in [1.54, 1.807) is 37.5 Å². The summed E-state index contributed by atoms with van der Waals surface area (Å²) in [6.45, 7) is 0. The van der Waals surface area contributed by atoms with Gasteiger partial charge in [0.25, 0.3) is 0 Å². The smallest absolute Gasteiger partial charge is 0.185 e. The summed E-state index contributed by atoms with van der Waals surface area (Å²) in [5.74, 6) is 0.705. The van der Waals surface area contributed by atoms with Crippen LogP contribution in [0.3, 0.4) is 0 Å². The number of carbonyl (C=O) groups is 1. The lowest BCUT2D eigenvalue weighted by Gasteiger charge is -2.01. The lowest BCUT2D eigenvalue weighted by molar-refractivity contribution is 0.104. The highest BCUT2D eigenvalue weighted by molar-refractivity contribution is 9.10. The van der Waals surface area contributed by atoms with Gasteiger partial charge in [-0.3, -0.25) is 4.79 Å². The molecule has 0 N–H and O–H groups in total. The minimum atomic E-state index is -0.0333. The van der Waals surface area contributed by atoms with Crippen LogP contribution in [0, 0.1) is 0 Å². The van der Waals surface area contributed by atoms with Gasteiger partial charge in [0.15, 0.2) is 5.78 Å². The average molecular weight is 382 g/mol. The van der Waals surface area contributed by atoms with Gasteiger partial charge in [0.2, 0.25) is 0 Å². The van der Waals surface area contributed by atoms with Crippen LogP contribution >= 0.6 is 15.9 Å². The summed E-state index contributed by atoms with van der Waals surface area (Å²) in [7, 11) is 1.60. The molecular weight excluding hydrogens is 366 g/mol. The van der Waals surface area contributed by atoms with Gasteiger partial charge in [-0.1, -0.05) is 15.9 Å². The maximum atomic E-state index is 12.2. The first kappa shape index (κ1) is 16.3. The first-order chi connectivity index (χ1) is 11.7. The molecule has 4 heteroatoms. The van der Waals surface area contributed by atoms with Gasteiger partial charge in [-0.25, -0.2) is 0 Å². The summed E-state index contributed by atoms with van der Waals surface area (Å²) < 4.78 is 8.16. The predicted molar refractivity (Wildman–Crippen MR) is 99.8 cm³/mol. The number of hydrogen-bond acceptors (Lipinski definition) is 2. The molecule has 0 aliphatic carbocycles. The van der Waals surface area contributed by atoms with Crippen LogP contribution in [0.2, 0.25) is 0 Å². The van der Waals surface area contributed by atoms with E-state index in [1.807, 2.05) is 53.4 Å². The van der Waals surface area contributed by atoms with Gasteiger partial charge in [-0.15, -0.1) is 0 Å². The number of ketones is 1. The molecule has 0 amide bonds. The molecule has 0 unspecified atom stereocenters. The number of ether oxygens (including phenoxy) is 1. The third-order valence-corrected chi connectivity index (χ3v) is 4.17. The monoisotopic (exact) mass is 381 g/mol. The first-order valence-electron chi connectivity index (χ1n) is 7.46. The molecule has 1 heterocycles. The summed E-state index contributed by atoms with van der Waals surface area (Å²) in [5, 5.41) is 0. The Morgan fingerprint density at radius 2 is 1.75 bits per heavy atom. The molecule has 0 radical (unpaired) electrons. The number of nitrogens with zero attached hydrogens (tertiary/aromatic N) is 1. The Labute approximate surface area is 149 Å². The van der Waals surface area contributed by atoms with E-state index in [-0.39, 0.29) is 5.78 Å². The van der Waals surface area contributed by atoms with Crippen molar-refractivity contribution < 1.29 is 9.53 Å². The highest BCUT2D eigenvalue weighted by Gasteiger charge is 2.02. The van der Waals surface area contributed by atoms with Crippen LogP contribution < -0.4 is 4.74 Å². The SMILES string of the molecule is COc1ccc(C(=O)/C=C/c2ccn(-c3ccc(Br)cc3)c2)cc1. The number of carbonyl (C=O) groups excluding carboxylic acids is 1. The van der Waals surface area contributed by atoms with Crippen molar-refractivity contribution in [3.63, 3.8) is 0 Å². The first-order valence-corrected chi connectivity index (χ1v) is 8.25. The molecule has 3 rings (SSSR count). The van der Waals surface area contributed by atoms with Crippen LogP contribution in [0.1, 0.15) is 15.9 Å². The largest absolute Gasteiger partial charge is 0.497 e. The second-order valence-electron chi connectivity index (χ2n) is 5.25. The average Bonchev–Trinajstić information content (AvgIpc) is 3.09. The van der Waals surface area contributed by atoms with Gasteiger partial charge >= 0.3 is 0 Å². The van der Waals surface area contributed by atoms with Gasteiger partial charge in [-0.2, -0.15) is 0 Å². The maximum Gasteiger partial charge on any atom is 0.185 e. The van der Waals surface area contributed by atoms with E-state index < -0.39 is 0 Å². The van der Waals surface area contributed by atoms with Crippen molar-refractivity contribution in [3.05, 3.63) is 88.7 Å². The summed E-state index contributed by atoms with van der Waals surface area (Å²) in [6, 6.07) is 17.1. The molecule has 0 saturated carbocycles. The van der Waals surface area contributed by atoms with Crippen LogP contribution in [0.5, 0.6) is 5.75 Å². The fraction of sp³-hybridized carbons (Fsp3) is 0.0500. The third kappa shape index (κ3) is 3.84. The Morgan fingerprint density at radius 1 is 1.04 bits per heavy atom. The summed E-state index contributed by atoms with van der Waals surface area (Å²) >= 11 is 3.43. The van der Waals surface area contributed by atoms with Crippen LogP contribution in [-0.4, -0.2) is 17.5 Å². The van der Waals surface area contributed by atoms with E-state index in [9.17, 15) is 4.79 Å². The molecule has 0 aliphatic rings. The van der Waals surface area contributed by atoms with E-state index in [2.05, 4.69) is 15.9 Å². The minimum Gasteiger partial charge on any atom is -0.497 e. The van der Waals surface area contributed by atoms with E-state index in [4.69, 9.17) is 4.74 Å². The van der Waals surface area contributed by atoms with Crippen molar-refractivity contribution in [2.45, 2.75) is 0 Å². The summed E-state index contributed by atoms with van der Waals surface area (Å²) in [6.07, 6.45) is 7.37. The van der Waals surface area contributed by atoms with Crippen molar-refractivity contribution in [2.75, 3.05) is 7.11 Å². The van der Waals surface area contributed by atoms with Gasteiger partial charge < -0.3 is 9.30 Å². The molecule has 24 heavy (non-hydrogen) atoms. The zero-order chi connectivity index (χ0) is 16.9.